The molecule has 2 aliphatic rings. The molecule has 212 valence electrons. The molecule has 10 heteroatoms. The second-order valence-corrected chi connectivity index (χ2v) is 9.73. The van der Waals surface area contributed by atoms with Gasteiger partial charge in [-0.25, -0.2) is 13.2 Å². The first-order valence-electron chi connectivity index (χ1n) is 12.9. The van der Waals surface area contributed by atoms with E-state index in [1.807, 2.05) is 0 Å². The zero-order valence-electron chi connectivity index (χ0n) is 21.2. The Hall–Kier alpha value is -2.33. The van der Waals surface area contributed by atoms with E-state index >= 15 is 0 Å². The molecule has 1 saturated heterocycles. The maximum atomic E-state index is 12.5. The van der Waals surface area contributed by atoms with E-state index in [0.29, 0.717) is 17.8 Å². The van der Waals surface area contributed by atoms with E-state index in [2.05, 4.69) is 35.9 Å². The number of ether oxygens (including phenoxy) is 3. The molecular weight excluding hydrogens is 517 g/mol. The Morgan fingerprint density at radius 1 is 0.895 bits per heavy atom. The van der Waals surface area contributed by atoms with Crippen molar-refractivity contribution in [1.29, 1.82) is 0 Å². The molecule has 0 unspecified atom stereocenters. The fourth-order valence-corrected chi connectivity index (χ4v) is 4.87. The number of rotatable bonds is 7. The number of alkyl halides is 4. The summed E-state index contributed by atoms with van der Waals surface area (Å²) >= 11 is 0. The molecule has 3 nitrogen and oxygen atoms in total. The molecule has 1 aliphatic carbocycles. The molecule has 0 atom stereocenters. The van der Waals surface area contributed by atoms with Gasteiger partial charge in [-0.05, 0) is 55.6 Å². The lowest BCUT2D eigenvalue weighted by Gasteiger charge is -2.37. The van der Waals surface area contributed by atoms with Gasteiger partial charge >= 0.3 is 6.36 Å². The van der Waals surface area contributed by atoms with Crippen LogP contribution in [-0.4, -0.2) is 32.5 Å². The Morgan fingerprint density at radius 3 is 1.97 bits per heavy atom. The average Bonchev–Trinajstić information content (AvgIpc) is 2.88. The Kier molecular flexibility index (Phi) is 11.3. The number of benzene rings is 2. The van der Waals surface area contributed by atoms with Crippen LogP contribution in [0.1, 0.15) is 62.5 Å². The van der Waals surface area contributed by atoms with Gasteiger partial charge in [0.25, 0.3) is 0 Å². The summed E-state index contributed by atoms with van der Waals surface area (Å²) in [4.78, 5) is 0. The van der Waals surface area contributed by atoms with Gasteiger partial charge in [-0.2, -0.15) is 0 Å². The molecule has 0 aromatic heterocycles. The molecule has 2 aromatic rings. The first-order valence-corrected chi connectivity index (χ1v) is 12.9. The van der Waals surface area contributed by atoms with Crippen molar-refractivity contribution in [2.24, 2.45) is 11.8 Å². The highest BCUT2D eigenvalue weighted by molar-refractivity contribution is 5.27. The zero-order valence-corrected chi connectivity index (χ0v) is 21.2. The Labute approximate surface area is 218 Å². The van der Waals surface area contributed by atoms with Crippen LogP contribution in [0.5, 0.6) is 5.75 Å². The summed E-state index contributed by atoms with van der Waals surface area (Å²) in [5.41, 5.74) is 2.72. The van der Waals surface area contributed by atoms with Crippen molar-refractivity contribution in [3.63, 3.8) is 0 Å². The van der Waals surface area contributed by atoms with E-state index in [0.717, 1.165) is 51.7 Å². The van der Waals surface area contributed by atoms with Gasteiger partial charge in [0.15, 0.2) is 17.9 Å². The van der Waals surface area contributed by atoms with Gasteiger partial charge in [-0.3, -0.25) is 4.39 Å². The molecule has 1 aliphatic heterocycles. The minimum atomic E-state index is -5.22. The molecule has 4 rings (SSSR count). The van der Waals surface area contributed by atoms with Crippen LogP contribution >= 0.6 is 0 Å². The highest BCUT2D eigenvalue weighted by Gasteiger charge is 2.34. The van der Waals surface area contributed by atoms with Crippen molar-refractivity contribution >= 4 is 0 Å². The standard InChI is InChI=1S/C21H31FO2.C7H2F6O/c1-2-3-16-4-8-18(9-5-16)20-14-23-21(24-15-20)19-10-6-17(7-11-19)12-13-22;8-3-1-4(9)6(5(10)2-3)14-7(11,12)13/h4-5,8-9,17,19-21H,2-3,6-7,10-15H2,1H3;1-2H. The van der Waals surface area contributed by atoms with E-state index in [-0.39, 0.29) is 25.1 Å². The number of halogens is 7. The summed E-state index contributed by atoms with van der Waals surface area (Å²) in [6.07, 6.45) is 2.27. The maximum absolute atomic E-state index is 12.5. The van der Waals surface area contributed by atoms with Gasteiger partial charge in [0.2, 0.25) is 5.75 Å². The Morgan fingerprint density at radius 2 is 1.47 bits per heavy atom. The van der Waals surface area contributed by atoms with Gasteiger partial charge in [0.05, 0.1) is 19.9 Å². The summed E-state index contributed by atoms with van der Waals surface area (Å²) in [6, 6.07) is 9.10. The van der Waals surface area contributed by atoms with E-state index < -0.39 is 29.6 Å². The number of hydrogen-bond acceptors (Lipinski definition) is 3. The van der Waals surface area contributed by atoms with Crippen molar-refractivity contribution in [2.75, 3.05) is 19.9 Å². The normalized spacial score (nSPS) is 23.9. The number of aryl methyl sites for hydroxylation is 1. The van der Waals surface area contributed by atoms with Crippen LogP contribution in [-0.2, 0) is 15.9 Å². The lowest BCUT2D eigenvalue weighted by molar-refractivity contribution is -0.276. The SMILES string of the molecule is CCCc1ccc(C2COC(C3CCC(CCF)CC3)OC2)cc1.Fc1cc(F)c(OC(F)(F)F)c(F)c1. The van der Waals surface area contributed by atoms with Crippen molar-refractivity contribution in [3.8, 4) is 5.75 Å². The van der Waals surface area contributed by atoms with Crippen molar-refractivity contribution in [1.82, 2.24) is 0 Å². The average molecular weight is 551 g/mol. The van der Waals surface area contributed by atoms with Gasteiger partial charge in [-0.1, -0.05) is 37.6 Å². The van der Waals surface area contributed by atoms with Gasteiger partial charge < -0.3 is 14.2 Å². The highest BCUT2D eigenvalue weighted by atomic mass is 19.4. The maximum Gasteiger partial charge on any atom is 0.573 e. The van der Waals surface area contributed by atoms with E-state index in [1.165, 1.54) is 17.5 Å². The minimum Gasteiger partial charge on any atom is -0.399 e. The molecular formula is C28H33F7O3. The largest absolute Gasteiger partial charge is 0.573 e. The molecule has 0 bridgehead atoms. The smallest absolute Gasteiger partial charge is 0.399 e. The predicted molar refractivity (Wildman–Crippen MR) is 128 cm³/mol. The molecule has 1 saturated carbocycles. The van der Waals surface area contributed by atoms with Crippen LogP contribution in [0.4, 0.5) is 30.7 Å². The first kappa shape index (κ1) is 30.2. The van der Waals surface area contributed by atoms with E-state index in [9.17, 15) is 30.7 Å². The van der Waals surface area contributed by atoms with Gasteiger partial charge in [0.1, 0.15) is 5.82 Å². The fraction of sp³-hybridized carbons (Fsp3) is 0.571. The van der Waals surface area contributed by atoms with Gasteiger partial charge in [0, 0.05) is 24.0 Å². The van der Waals surface area contributed by atoms with E-state index in [4.69, 9.17) is 9.47 Å². The molecule has 2 fully saturated rings. The highest BCUT2D eigenvalue weighted by Crippen LogP contribution is 2.36. The first-order chi connectivity index (χ1) is 18.1. The second-order valence-electron chi connectivity index (χ2n) is 9.73. The topological polar surface area (TPSA) is 27.7 Å². The Bertz CT molecular complexity index is 958. The Balaban J connectivity index is 0.000000244. The molecule has 0 amide bonds. The summed E-state index contributed by atoms with van der Waals surface area (Å²) in [5.74, 6) is -5.08. The molecule has 0 radical (unpaired) electrons. The lowest BCUT2D eigenvalue weighted by atomic mass is 9.80. The zero-order chi connectivity index (χ0) is 27.7. The molecule has 2 aromatic carbocycles. The molecule has 1 heterocycles. The third-order valence-electron chi connectivity index (χ3n) is 6.89. The monoisotopic (exact) mass is 550 g/mol. The van der Waals surface area contributed by atoms with Crippen LogP contribution in [0.15, 0.2) is 36.4 Å². The fourth-order valence-electron chi connectivity index (χ4n) is 4.87. The van der Waals surface area contributed by atoms with Crippen LogP contribution in [0.2, 0.25) is 0 Å². The quantitative estimate of drug-likeness (QED) is 0.325. The summed E-state index contributed by atoms with van der Waals surface area (Å²) in [7, 11) is 0. The summed E-state index contributed by atoms with van der Waals surface area (Å²) < 4.78 is 99.5. The molecule has 0 N–H and O–H groups in total. The second kappa shape index (κ2) is 14.2. The third kappa shape index (κ3) is 9.15. The summed E-state index contributed by atoms with van der Waals surface area (Å²) in [6.45, 7) is 3.54. The van der Waals surface area contributed by atoms with Crippen LogP contribution < -0.4 is 4.74 Å². The number of hydrogen-bond donors (Lipinski definition) is 0. The van der Waals surface area contributed by atoms with Crippen molar-refractivity contribution < 1.29 is 44.9 Å². The lowest BCUT2D eigenvalue weighted by Crippen LogP contribution is -2.37. The van der Waals surface area contributed by atoms with Crippen molar-refractivity contribution in [2.45, 2.75) is 70.4 Å². The minimum absolute atomic E-state index is 0.0491. The van der Waals surface area contributed by atoms with Gasteiger partial charge in [-0.15, -0.1) is 13.2 Å². The van der Waals surface area contributed by atoms with E-state index in [1.54, 1.807) is 0 Å². The summed E-state index contributed by atoms with van der Waals surface area (Å²) in [5, 5.41) is 0. The predicted octanol–water partition coefficient (Wildman–Crippen LogP) is 8.26. The van der Waals surface area contributed by atoms with Crippen LogP contribution in [0.3, 0.4) is 0 Å². The third-order valence-corrected chi connectivity index (χ3v) is 6.89. The molecule has 0 spiro atoms. The molecule has 38 heavy (non-hydrogen) atoms. The van der Waals surface area contributed by atoms with Crippen LogP contribution in [0, 0.1) is 29.3 Å². The van der Waals surface area contributed by atoms with Crippen molar-refractivity contribution in [3.05, 3.63) is 65.0 Å². The van der Waals surface area contributed by atoms with Crippen LogP contribution in [0.25, 0.3) is 0 Å².